The molecule has 1 amide bonds. The first-order valence-corrected chi connectivity index (χ1v) is 7.26. The van der Waals surface area contributed by atoms with E-state index in [4.69, 9.17) is 28.2 Å². The second-order valence-electron chi connectivity index (χ2n) is 3.93. The van der Waals surface area contributed by atoms with Gasteiger partial charge in [0.25, 0.3) is 11.6 Å². The third-order valence-electron chi connectivity index (χ3n) is 2.44. The highest BCUT2D eigenvalue weighted by Gasteiger charge is 2.14. The zero-order chi connectivity index (χ0) is 16.3. The average Bonchev–Trinajstić information content (AvgIpc) is 2.87. The first-order valence-electron chi connectivity index (χ1n) is 5.68. The van der Waals surface area contributed by atoms with Crippen molar-refractivity contribution in [1.29, 1.82) is 0 Å². The van der Waals surface area contributed by atoms with Crippen LogP contribution in [0, 0.1) is 10.1 Å². The van der Waals surface area contributed by atoms with Gasteiger partial charge in [0.1, 0.15) is 0 Å². The van der Waals surface area contributed by atoms with Crippen LogP contribution in [0.3, 0.4) is 0 Å². The van der Waals surface area contributed by atoms with Crippen molar-refractivity contribution in [3.05, 3.63) is 55.9 Å². The van der Waals surface area contributed by atoms with Crippen molar-refractivity contribution in [3.8, 4) is 0 Å². The molecule has 2 aromatic rings. The maximum Gasteiger partial charge on any atom is 0.293 e. The molecule has 2 rings (SSSR count). The van der Waals surface area contributed by atoms with Gasteiger partial charge in [-0.05, 0) is 46.3 Å². The molecule has 0 fully saturated rings. The van der Waals surface area contributed by atoms with Crippen LogP contribution in [-0.4, -0.2) is 15.9 Å². The molecular formula is C12H7BrClN3O4S. The highest BCUT2D eigenvalue weighted by molar-refractivity contribution is 9.10. The Morgan fingerprint density at radius 1 is 1.36 bits per heavy atom. The number of halogens is 2. The Morgan fingerprint density at radius 3 is 2.64 bits per heavy atom. The van der Waals surface area contributed by atoms with Gasteiger partial charge in [-0.15, -0.1) is 0 Å². The third kappa shape index (κ3) is 4.03. The fourth-order valence-corrected chi connectivity index (χ4v) is 2.20. The minimum Gasteiger partial charge on any atom is -0.444 e. The molecule has 1 heterocycles. The Balaban J connectivity index is 2.03. The molecule has 0 aliphatic rings. The maximum absolute atomic E-state index is 11.8. The molecule has 0 saturated heterocycles. The monoisotopic (exact) mass is 403 g/mol. The van der Waals surface area contributed by atoms with Gasteiger partial charge in [-0.3, -0.25) is 20.2 Å². The normalized spacial score (nSPS) is 10.1. The first-order chi connectivity index (χ1) is 10.4. The number of furan rings is 1. The molecule has 0 saturated carbocycles. The van der Waals surface area contributed by atoms with Crippen molar-refractivity contribution < 1.29 is 14.1 Å². The summed E-state index contributed by atoms with van der Waals surface area (Å²) in [5.41, 5.74) is 0.184. The topological polar surface area (TPSA) is 97.4 Å². The summed E-state index contributed by atoms with van der Waals surface area (Å²) in [7, 11) is 0. The van der Waals surface area contributed by atoms with E-state index < -0.39 is 10.8 Å². The van der Waals surface area contributed by atoms with Crippen molar-refractivity contribution in [2.24, 2.45) is 0 Å². The molecule has 1 aromatic carbocycles. The predicted molar refractivity (Wildman–Crippen MR) is 88.2 cm³/mol. The Bertz CT molecular complexity index is 765. The number of non-ortho nitro benzene ring substituents is 1. The minimum absolute atomic E-state index is 0.0201. The molecular weight excluding hydrogens is 398 g/mol. The quantitative estimate of drug-likeness (QED) is 0.459. The van der Waals surface area contributed by atoms with E-state index in [1.54, 1.807) is 6.07 Å². The number of carbonyl (C=O) groups is 1. The number of hydrogen-bond acceptors (Lipinski definition) is 5. The zero-order valence-corrected chi connectivity index (χ0v) is 13.8. The first kappa shape index (κ1) is 16.4. The third-order valence-corrected chi connectivity index (χ3v) is 3.38. The molecule has 7 nitrogen and oxygen atoms in total. The van der Waals surface area contributed by atoms with E-state index in [1.807, 2.05) is 0 Å². The standard InChI is InChI=1S/C12H7BrClN3O4S/c13-10-4-3-9(21-10)11(18)16-12(22)15-8-2-1-6(17(19)20)5-7(8)14/h1-5H,(H2,15,16,18,22). The van der Waals surface area contributed by atoms with Crippen LogP contribution < -0.4 is 10.6 Å². The molecule has 10 heteroatoms. The number of nitro benzene ring substituents is 1. The summed E-state index contributed by atoms with van der Waals surface area (Å²) in [5, 5.41) is 15.8. The van der Waals surface area contributed by atoms with E-state index in [2.05, 4.69) is 26.6 Å². The number of nitrogens with one attached hydrogen (secondary N) is 2. The molecule has 114 valence electrons. The molecule has 0 radical (unpaired) electrons. The highest BCUT2D eigenvalue weighted by atomic mass is 79.9. The van der Waals surface area contributed by atoms with Crippen LogP contribution in [0.5, 0.6) is 0 Å². The number of benzene rings is 1. The van der Waals surface area contributed by atoms with Crippen molar-refractivity contribution in [3.63, 3.8) is 0 Å². The van der Waals surface area contributed by atoms with E-state index in [-0.39, 0.29) is 21.6 Å². The summed E-state index contributed by atoms with van der Waals surface area (Å²) in [6, 6.07) is 6.88. The lowest BCUT2D eigenvalue weighted by atomic mass is 10.3. The van der Waals surface area contributed by atoms with E-state index in [9.17, 15) is 14.9 Å². The summed E-state index contributed by atoms with van der Waals surface area (Å²) in [5.74, 6) is -0.466. The van der Waals surface area contributed by atoms with E-state index >= 15 is 0 Å². The average molecular weight is 405 g/mol. The second kappa shape index (κ2) is 6.86. The summed E-state index contributed by atoms with van der Waals surface area (Å²) < 4.78 is 5.49. The number of carbonyl (C=O) groups excluding carboxylic acids is 1. The van der Waals surface area contributed by atoms with Crippen molar-refractivity contribution in [2.45, 2.75) is 0 Å². The number of nitrogens with zero attached hydrogens (tertiary/aromatic N) is 1. The summed E-state index contributed by atoms with van der Waals surface area (Å²) in [6.45, 7) is 0. The molecule has 0 aliphatic heterocycles. The molecule has 0 spiro atoms. The lowest BCUT2D eigenvalue weighted by Gasteiger charge is -2.09. The number of thiocarbonyl (C=S) groups is 1. The van der Waals surface area contributed by atoms with Crippen LogP contribution in [0.15, 0.2) is 39.4 Å². The summed E-state index contributed by atoms with van der Waals surface area (Å²) in [4.78, 5) is 21.9. The lowest BCUT2D eigenvalue weighted by molar-refractivity contribution is -0.384. The van der Waals surface area contributed by atoms with Gasteiger partial charge in [-0.25, -0.2) is 0 Å². The van der Waals surface area contributed by atoms with Gasteiger partial charge in [0.05, 0.1) is 15.6 Å². The lowest BCUT2D eigenvalue weighted by Crippen LogP contribution is -2.33. The molecule has 0 atom stereocenters. The van der Waals surface area contributed by atoms with Gasteiger partial charge in [-0.2, -0.15) is 0 Å². The van der Waals surface area contributed by atoms with Gasteiger partial charge < -0.3 is 9.73 Å². The fraction of sp³-hybridized carbons (Fsp3) is 0. The predicted octanol–water partition coefficient (Wildman–Crippen LogP) is 3.73. The fourth-order valence-electron chi connectivity index (χ4n) is 1.47. The number of rotatable bonds is 3. The van der Waals surface area contributed by atoms with Crippen LogP contribution >= 0.6 is 39.7 Å². The molecule has 22 heavy (non-hydrogen) atoms. The van der Waals surface area contributed by atoms with E-state index in [0.29, 0.717) is 10.4 Å². The maximum atomic E-state index is 11.8. The number of nitro groups is 1. The Hall–Kier alpha value is -1.97. The van der Waals surface area contributed by atoms with Crippen LogP contribution in [0.25, 0.3) is 0 Å². The number of hydrogen-bond donors (Lipinski definition) is 2. The van der Waals surface area contributed by atoms with Crippen molar-refractivity contribution in [2.75, 3.05) is 5.32 Å². The molecule has 1 aromatic heterocycles. The largest absolute Gasteiger partial charge is 0.444 e. The highest BCUT2D eigenvalue weighted by Crippen LogP contribution is 2.26. The Kier molecular flexibility index (Phi) is 5.11. The smallest absolute Gasteiger partial charge is 0.293 e. The minimum atomic E-state index is -0.565. The molecule has 2 N–H and O–H groups in total. The van der Waals surface area contributed by atoms with Gasteiger partial charge in [0, 0.05) is 12.1 Å². The van der Waals surface area contributed by atoms with E-state index in [1.165, 1.54) is 24.3 Å². The SMILES string of the molecule is O=C(NC(=S)Nc1ccc([N+](=O)[O-])cc1Cl)c1ccc(Br)o1. The number of anilines is 1. The van der Waals surface area contributed by atoms with Crippen LogP contribution in [-0.2, 0) is 0 Å². The van der Waals surface area contributed by atoms with Crippen LogP contribution in [0.4, 0.5) is 11.4 Å². The van der Waals surface area contributed by atoms with Crippen LogP contribution in [0.2, 0.25) is 5.02 Å². The van der Waals surface area contributed by atoms with Crippen molar-refractivity contribution >= 4 is 62.1 Å². The summed E-state index contributed by atoms with van der Waals surface area (Å²) >= 11 is 14.0. The van der Waals surface area contributed by atoms with Crippen LogP contribution in [0.1, 0.15) is 10.6 Å². The second-order valence-corrected chi connectivity index (χ2v) is 5.53. The number of amides is 1. The molecule has 0 aliphatic carbocycles. The van der Waals surface area contributed by atoms with Gasteiger partial charge in [-0.1, -0.05) is 11.6 Å². The molecule has 0 bridgehead atoms. The molecule has 0 unspecified atom stereocenters. The zero-order valence-electron chi connectivity index (χ0n) is 10.6. The van der Waals surface area contributed by atoms with Crippen molar-refractivity contribution in [1.82, 2.24) is 5.32 Å². The van der Waals surface area contributed by atoms with Gasteiger partial charge in [0.15, 0.2) is 15.5 Å². The van der Waals surface area contributed by atoms with E-state index in [0.717, 1.165) is 0 Å². The van der Waals surface area contributed by atoms with Gasteiger partial charge >= 0.3 is 0 Å². The summed E-state index contributed by atoms with van der Waals surface area (Å²) in [6.07, 6.45) is 0. The Labute approximate surface area is 142 Å². The van der Waals surface area contributed by atoms with Gasteiger partial charge in [0.2, 0.25) is 0 Å². The Morgan fingerprint density at radius 2 is 2.09 bits per heavy atom.